The van der Waals surface area contributed by atoms with Gasteiger partial charge < -0.3 is 9.64 Å². The van der Waals surface area contributed by atoms with Crippen molar-refractivity contribution in [2.75, 3.05) is 20.6 Å². The molecule has 0 radical (unpaired) electrons. The number of nitrogens with zero attached hydrogens (tertiary/aromatic N) is 2. The van der Waals surface area contributed by atoms with Gasteiger partial charge in [-0.15, -0.1) is 0 Å². The molecule has 1 atom stereocenters. The van der Waals surface area contributed by atoms with Crippen LogP contribution in [0.15, 0.2) is 54.6 Å². The summed E-state index contributed by atoms with van der Waals surface area (Å²) in [6.45, 7) is 1.20. The molecule has 2 aromatic carbocycles. The number of likely N-dealkylation sites (N-methyl/N-ethyl adjacent to an activating group) is 1. The van der Waals surface area contributed by atoms with E-state index in [2.05, 4.69) is 17.0 Å². The Bertz CT molecular complexity index is 805. The summed E-state index contributed by atoms with van der Waals surface area (Å²) in [6.07, 6.45) is 4.08. The molecule has 1 heterocycles. The van der Waals surface area contributed by atoms with E-state index in [-0.39, 0.29) is 5.82 Å². The maximum Gasteiger partial charge on any atom is 0.137 e. The largest absolute Gasteiger partial charge is 0.357 e. The van der Waals surface area contributed by atoms with Crippen molar-refractivity contribution in [3.05, 3.63) is 82.7 Å². The molecule has 0 aliphatic carbocycles. The molecule has 1 aliphatic rings. The van der Waals surface area contributed by atoms with Crippen LogP contribution in [0.1, 0.15) is 22.3 Å². The topological polar surface area (TPSA) is 36.3 Å². The first kappa shape index (κ1) is 16.4. The molecule has 0 spiro atoms. The van der Waals surface area contributed by atoms with Crippen LogP contribution >= 0.6 is 0 Å². The van der Waals surface area contributed by atoms with Crippen LogP contribution in [0.25, 0.3) is 0 Å². The van der Waals surface area contributed by atoms with Gasteiger partial charge in [0.05, 0.1) is 18.2 Å². The second-order valence-corrected chi connectivity index (χ2v) is 6.18. The molecule has 0 bridgehead atoms. The summed E-state index contributed by atoms with van der Waals surface area (Å²) in [6, 6.07) is 14.2. The van der Waals surface area contributed by atoms with E-state index >= 15 is 0 Å². The Morgan fingerprint density at radius 2 is 2.00 bits per heavy atom. The van der Waals surface area contributed by atoms with Gasteiger partial charge in [0, 0.05) is 6.54 Å². The van der Waals surface area contributed by atoms with Gasteiger partial charge in [-0.25, -0.2) is 4.39 Å². The van der Waals surface area contributed by atoms with Crippen molar-refractivity contribution in [1.82, 2.24) is 4.90 Å². The van der Waals surface area contributed by atoms with Gasteiger partial charge >= 0.3 is 0 Å². The average molecular weight is 322 g/mol. The molecule has 122 valence electrons. The van der Waals surface area contributed by atoms with Gasteiger partial charge in [-0.3, -0.25) is 0 Å². The number of rotatable bonds is 4. The highest BCUT2D eigenvalue weighted by Gasteiger charge is 2.39. The van der Waals surface area contributed by atoms with E-state index in [0.717, 1.165) is 23.2 Å². The van der Waals surface area contributed by atoms with E-state index in [9.17, 15) is 4.39 Å². The highest BCUT2D eigenvalue weighted by Crippen LogP contribution is 2.43. The van der Waals surface area contributed by atoms with E-state index in [1.54, 1.807) is 18.2 Å². The van der Waals surface area contributed by atoms with Crippen LogP contribution in [-0.4, -0.2) is 25.5 Å². The standard InChI is InChI=1S/C20H19FN2O/c1-23(2)11-3-10-20(17-5-7-18(21)8-6-17)19-9-4-15(13-22)12-16(19)14-24-20/h3-10,12H,11,14H2,1-2H3/b10-3+. The Hall–Kier alpha value is -2.48. The number of fused-ring (bicyclic) bond motifs is 1. The second-order valence-electron chi connectivity index (χ2n) is 6.18. The Morgan fingerprint density at radius 3 is 2.67 bits per heavy atom. The first-order valence-corrected chi connectivity index (χ1v) is 7.81. The molecule has 4 heteroatoms. The van der Waals surface area contributed by atoms with Crippen molar-refractivity contribution < 1.29 is 9.13 Å². The van der Waals surface area contributed by atoms with Crippen LogP contribution in [0.3, 0.4) is 0 Å². The van der Waals surface area contributed by atoms with E-state index < -0.39 is 5.60 Å². The maximum atomic E-state index is 13.3. The van der Waals surface area contributed by atoms with Crippen molar-refractivity contribution in [3.63, 3.8) is 0 Å². The van der Waals surface area contributed by atoms with Crippen LogP contribution < -0.4 is 0 Å². The molecule has 2 aromatic rings. The fourth-order valence-electron chi connectivity index (χ4n) is 3.01. The van der Waals surface area contributed by atoms with Crippen molar-refractivity contribution in [2.45, 2.75) is 12.2 Å². The Balaban J connectivity index is 2.10. The van der Waals surface area contributed by atoms with Crippen LogP contribution in [0.4, 0.5) is 4.39 Å². The third-order valence-corrected chi connectivity index (χ3v) is 4.19. The molecular formula is C20H19FN2O. The van der Waals surface area contributed by atoms with E-state index in [1.807, 2.05) is 32.3 Å². The van der Waals surface area contributed by atoms with Crippen LogP contribution in [0.5, 0.6) is 0 Å². The van der Waals surface area contributed by atoms with Crippen LogP contribution in [-0.2, 0) is 16.9 Å². The van der Waals surface area contributed by atoms with E-state index in [1.165, 1.54) is 12.1 Å². The molecule has 0 fully saturated rings. The molecule has 0 N–H and O–H groups in total. The van der Waals surface area contributed by atoms with Gasteiger partial charge in [0.2, 0.25) is 0 Å². The summed E-state index contributed by atoms with van der Waals surface area (Å²) < 4.78 is 19.5. The maximum absolute atomic E-state index is 13.3. The number of benzene rings is 2. The first-order chi connectivity index (χ1) is 11.5. The first-order valence-electron chi connectivity index (χ1n) is 7.81. The molecule has 0 saturated heterocycles. The molecule has 3 nitrogen and oxygen atoms in total. The highest BCUT2D eigenvalue weighted by molar-refractivity contribution is 5.50. The lowest BCUT2D eigenvalue weighted by molar-refractivity contribution is 0.0325. The Morgan fingerprint density at radius 1 is 1.25 bits per heavy atom. The van der Waals surface area contributed by atoms with Gasteiger partial charge in [0.25, 0.3) is 0 Å². The van der Waals surface area contributed by atoms with Gasteiger partial charge in [-0.05, 0) is 61.1 Å². The lowest BCUT2D eigenvalue weighted by Gasteiger charge is -2.27. The molecule has 24 heavy (non-hydrogen) atoms. The van der Waals surface area contributed by atoms with Gasteiger partial charge in [-0.2, -0.15) is 5.26 Å². The average Bonchev–Trinajstić information content (AvgIpc) is 2.94. The minimum absolute atomic E-state index is 0.274. The number of hydrogen-bond donors (Lipinski definition) is 0. The smallest absolute Gasteiger partial charge is 0.137 e. The summed E-state index contributed by atoms with van der Waals surface area (Å²) in [7, 11) is 4.00. The number of halogens is 1. The normalized spacial score (nSPS) is 19.6. The lowest BCUT2D eigenvalue weighted by Crippen LogP contribution is -2.25. The summed E-state index contributed by atoms with van der Waals surface area (Å²) in [5.41, 5.74) is 2.75. The van der Waals surface area contributed by atoms with Crippen LogP contribution in [0, 0.1) is 17.1 Å². The number of ether oxygens (including phenoxy) is 1. The zero-order valence-electron chi connectivity index (χ0n) is 13.8. The minimum atomic E-state index is -0.743. The SMILES string of the molecule is CN(C)C/C=C/C1(c2ccc(F)cc2)OCc2cc(C#N)ccc21. The highest BCUT2D eigenvalue weighted by atomic mass is 19.1. The molecule has 3 rings (SSSR count). The molecule has 0 aromatic heterocycles. The van der Waals surface area contributed by atoms with Crippen molar-refractivity contribution >= 4 is 0 Å². The summed E-state index contributed by atoms with van der Waals surface area (Å²) in [4.78, 5) is 2.06. The molecule has 0 amide bonds. The van der Waals surface area contributed by atoms with Crippen molar-refractivity contribution in [3.8, 4) is 6.07 Å². The van der Waals surface area contributed by atoms with Gasteiger partial charge in [0.1, 0.15) is 11.4 Å². The lowest BCUT2D eigenvalue weighted by atomic mass is 9.84. The molecular weight excluding hydrogens is 303 g/mol. The van der Waals surface area contributed by atoms with E-state index in [0.29, 0.717) is 12.2 Å². The Kier molecular flexibility index (Phi) is 4.48. The molecule has 1 aliphatic heterocycles. The summed E-state index contributed by atoms with van der Waals surface area (Å²) >= 11 is 0. The number of hydrogen-bond acceptors (Lipinski definition) is 3. The van der Waals surface area contributed by atoms with Crippen molar-refractivity contribution in [2.24, 2.45) is 0 Å². The van der Waals surface area contributed by atoms with Crippen molar-refractivity contribution in [1.29, 1.82) is 5.26 Å². The Labute approximate surface area is 141 Å². The molecule has 0 saturated carbocycles. The fraction of sp³-hybridized carbons (Fsp3) is 0.250. The number of nitriles is 1. The second kappa shape index (κ2) is 6.56. The monoisotopic (exact) mass is 322 g/mol. The van der Waals surface area contributed by atoms with Gasteiger partial charge in [0.15, 0.2) is 0 Å². The van der Waals surface area contributed by atoms with Crippen LogP contribution in [0.2, 0.25) is 0 Å². The van der Waals surface area contributed by atoms with E-state index in [4.69, 9.17) is 10.00 Å². The van der Waals surface area contributed by atoms with Gasteiger partial charge in [-0.1, -0.05) is 24.3 Å². The zero-order chi connectivity index (χ0) is 17.2. The summed E-state index contributed by atoms with van der Waals surface area (Å²) in [5, 5.41) is 9.10. The quantitative estimate of drug-likeness (QED) is 0.807. The predicted molar refractivity (Wildman–Crippen MR) is 90.8 cm³/mol. The zero-order valence-corrected chi connectivity index (χ0v) is 13.8. The molecule has 1 unspecified atom stereocenters. The third kappa shape index (κ3) is 2.96. The predicted octanol–water partition coefficient (Wildman–Crippen LogP) is 3.59. The third-order valence-electron chi connectivity index (χ3n) is 4.19. The minimum Gasteiger partial charge on any atom is -0.357 e. The summed E-state index contributed by atoms with van der Waals surface area (Å²) in [5.74, 6) is -0.274. The fourth-order valence-corrected chi connectivity index (χ4v) is 3.01.